The van der Waals surface area contributed by atoms with Crippen molar-refractivity contribution in [3.8, 4) is 5.75 Å². The van der Waals surface area contributed by atoms with Crippen LogP contribution in [0.3, 0.4) is 0 Å². The van der Waals surface area contributed by atoms with E-state index in [4.69, 9.17) is 9.47 Å². The van der Waals surface area contributed by atoms with Crippen LogP contribution in [0, 0.1) is 5.82 Å². The van der Waals surface area contributed by atoms with Gasteiger partial charge < -0.3 is 20.1 Å². The lowest BCUT2D eigenvalue weighted by Gasteiger charge is -2.35. The van der Waals surface area contributed by atoms with Crippen molar-refractivity contribution in [1.82, 2.24) is 15.5 Å². The number of nitrogens with one attached hydrogen (secondary N) is 2. The lowest BCUT2D eigenvalue weighted by Crippen LogP contribution is -2.46. The molecular formula is C23H32FIN4O2. The number of hydrogen-bond acceptors (Lipinski definition) is 4. The van der Waals surface area contributed by atoms with E-state index in [-0.39, 0.29) is 35.8 Å². The van der Waals surface area contributed by atoms with Crippen LogP contribution in [-0.2, 0) is 11.2 Å². The van der Waals surface area contributed by atoms with Gasteiger partial charge in [-0.1, -0.05) is 24.3 Å². The average molecular weight is 542 g/mol. The summed E-state index contributed by atoms with van der Waals surface area (Å²) in [5, 5.41) is 6.76. The molecule has 1 aliphatic rings. The molecule has 1 unspecified atom stereocenters. The van der Waals surface area contributed by atoms with Crippen molar-refractivity contribution in [1.29, 1.82) is 0 Å². The van der Waals surface area contributed by atoms with Crippen molar-refractivity contribution in [3.63, 3.8) is 0 Å². The fraction of sp³-hybridized carbons (Fsp3) is 0.435. The Bertz CT molecular complexity index is 813. The maximum Gasteiger partial charge on any atom is 0.191 e. The normalized spacial score (nSPS) is 15.6. The lowest BCUT2D eigenvalue weighted by molar-refractivity contribution is 0.0169. The molecule has 0 saturated carbocycles. The number of rotatable bonds is 8. The zero-order valence-corrected chi connectivity index (χ0v) is 20.5. The molecule has 0 radical (unpaired) electrons. The zero-order valence-electron chi connectivity index (χ0n) is 18.1. The standard InChI is InChI=1S/C23H31FN4O2.HI/c1-25-23(26-11-10-18-6-8-21(29-2)9-7-18)27-17-22(28-12-14-30-15-13-28)19-4-3-5-20(24)16-19;/h3-9,16,22H,10-15,17H2,1-2H3,(H2,25,26,27);1H. The number of methoxy groups -OCH3 is 1. The SMILES string of the molecule is CN=C(NCCc1ccc(OC)cc1)NCC(c1cccc(F)c1)N1CCOCC1.I. The summed E-state index contributed by atoms with van der Waals surface area (Å²) in [6.45, 7) is 4.43. The second kappa shape index (κ2) is 13.5. The van der Waals surface area contributed by atoms with Gasteiger partial charge in [0.25, 0.3) is 0 Å². The minimum atomic E-state index is -0.215. The van der Waals surface area contributed by atoms with Crippen molar-refractivity contribution in [3.05, 3.63) is 65.5 Å². The molecular weight excluding hydrogens is 510 g/mol. The molecule has 0 spiro atoms. The van der Waals surface area contributed by atoms with Crippen molar-refractivity contribution in [2.45, 2.75) is 12.5 Å². The van der Waals surface area contributed by atoms with Crippen LogP contribution in [0.2, 0.25) is 0 Å². The summed E-state index contributed by atoms with van der Waals surface area (Å²) in [5.41, 5.74) is 2.18. The van der Waals surface area contributed by atoms with E-state index in [9.17, 15) is 4.39 Å². The van der Waals surface area contributed by atoms with Gasteiger partial charge in [0, 0.05) is 33.2 Å². The summed E-state index contributed by atoms with van der Waals surface area (Å²) in [5.74, 6) is 1.38. The van der Waals surface area contributed by atoms with Crippen LogP contribution in [0.5, 0.6) is 5.75 Å². The summed E-state index contributed by atoms with van der Waals surface area (Å²) in [4.78, 5) is 6.66. The van der Waals surface area contributed by atoms with Gasteiger partial charge >= 0.3 is 0 Å². The van der Waals surface area contributed by atoms with Crippen LogP contribution >= 0.6 is 24.0 Å². The molecule has 2 N–H and O–H groups in total. The van der Waals surface area contributed by atoms with Crippen LogP contribution in [-0.4, -0.2) is 64.4 Å². The first-order chi connectivity index (χ1) is 14.7. The Morgan fingerprint density at radius 3 is 2.55 bits per heavy atom. The first kappa shape index (κ1) is 25.4. The number of benzene rings is 2. The Hall–Kier alpha value is -1.91. The molecule has 8 heteroatoms. The third kappa shape index (κ3) is 7.93. The number of nitrogens with zero attached hydrogens (tertiary/aromatic N) is 2. The Morgan fingerprint density at radius 2 is 1.90 bits per heavy atom. The molecule has 0 bridgehead atoms. The maximum absolute atomic E-state index is 13.8. The summed E-state index contributed by atoms with van der Waals surface area (Å²) in [6, 6.07) is 14.9. The molecule has 3 rings (SSSR count). The second-order valence-corrected chi connectivity index (χ2v) is 7.20. The number of halogens is 2. The van der Waals surface area contributed by atoms with Crippen molar-refractivity contribution in [2.24, 2.45) is 4.99 Å². The molecule has 170 valence electrons. The molecule has 0 aliphatic carbocycles. The first-order valence-corrected chi connectivity index (χ1v) is 10.3. The quantitative estimate of drug-likeness (QED) is 0.305. The molecule has 1 heterocycles. The molecule has 1 aliphatic heterocycles. The molecule has 6 nitrogen and oxygen atoms in total. The van der Waals surface area contributed by atoms with Crippen molar-refractivity contribution >= 4 is 29.9 Å². The van der Waals surface area contributed by atoms with Gasteiger partial charge in [-0.2, -0.15) is 0 Å². The van der Waals surface area contributed by atoms with E-state index in [1.807, 2.05) is 18.2 Å². The van der Waals surface area contributed by atoms with Gasteiger partial charge in [-0.15, -0.1) is 24.0 Å². The van der Waals surface area contributed by atoms with Crippen LogP contribution in [0.25, 0.3) is 0 Å². The van der Waals surface area contributed by atoms with Crippen LogP contribution < -0.4 is 15.4 Å². The van der Waals surface area contributed by atoms with Crippen LogP contribution in [0.15, 0.2) is 53.5 Å². The highest BCUT2D eigenvalue weighted by Gasteiger charge is 2.23. The van der Waals surface area contributed by atoms with Crippen molar-refractivity contribution < 1.29 is 13.9 Å². The van der Waals surface area contributed by atoms with Crippen molar-refractivity contribution in [2.75, 3.05) is 53.6 Å². The Morgan fingerprint density at radius 1 is 1.16 bits per heavy atom. The Kier molecular flexibility index (Phi) is 11.0. The Balaban J connectivity index is 0.00000341. The molecule has 1 atom stereocenters. The molecule has 31 heavy (non-hydrogen) atoms. The summed E-state index contributed by atoms with van der Waals surface area (Å²) < 4.78 is 24.5. The third-order valence-electron chi connectivity index (χ3n) is 5.27. The highest BCUT2D eigenvalue weighted by molar-refractivity contribution is 14.0. The van der Waals surface area contributed by atoms with E-state index < -0.39 is 0 Å². The smallest absolute Gasteiger partial charge is 0.191 e. The molecule has 2 aromatic rings. The van der Waals surface area contributed by atoms with Gasteiger partial charge in [-0.25, -0.2) is 4.39 Å². The molecule has 1 fully saturated rings. The third-order valence-corrected chi connectivity index (χ3v) is 5.27. The van der Waals surface area contributed by atoms with Gasteiger partial charge in [-0.3, -0.25) is 9.89 Å². The minimum absolute atomic E-state index is 0. The molecule has 0 aromatic heterocycles. The number of ether oxygens (including phenoxy) is 2. The van der Waals surface area contributed by atoms with Gasteiger partial charge in [0.15, 0.2) is 5.96 Å². The number of guanidine groups is 1. The fourth-order valence-corrected chi connectivity index (χ4v) is 3.59. The van der Waals surface area contributed by atoms with E-state index in [2.05, 4.69) is 32.7 Å². The van der Waals surface area contributed by atoms with Gasteiger partial charge in [0.1, 0.15) is 11.6 Å². The van der Waals surface area contributed by atoms with Gasteiger partial charge in [0.05, 0.1) is 26.4 Å². The largest absolute Gasteiger partial charge is 0.497 e. The monoisotopic (exact) mass is 542 g/mol. The van der Waals surface area contributed by atoms with E-state index in [1.165, 1.54) is 11.6 Å². The van der Waals surface area contributed by atoms with Crippen LogP contribution in [0.4, 0.5) is 4.39 Å². The average Bonchev–Trinajstić information content (AvgIpc) is 2.79. The lowest BCUT2D eigenvalue weighted by atomic mass is 10.0. The summed E-state index contributed by atoms with van der Waals surface area (Å²) in [7, 11) is 3.43. The number of morpholine rings is 1. The topological polar surface area (TPSA) is 58.1 Å². The van der Waals surface area contributed by atoms with Crippen LogP contribution in [0.1, 0.15) is 17.2 Å². The summed E-state index contributed by atoms with van der Waals surface area (Å²) >= 11 is 0. The first-order valence-electron chi connectivity index (χ1n) is 10.3. The summed E-state index contributed by atoms with van der Waals surface area (Å²) in [6.07, 6.45) is 0.876. The molecule has 2 aromatic carbocycles. The Labute approximate surface area is 201 Å². The van der Waals surface area contributed by atoms with Gasteiger partial charge in [0.2, 0.25) is 0 Å². The number of hydrogen-bond donors (Lipinski definition) is 2. The second-order valence-electron chi connectivity index (χ2n) is 7.20. The van der Waals surface area contributed by atoms with E-state index in [0.29, 0.717) is 19.8 Å². The number of aliphatic imine (C=N–C) groups is 1. The molecule has 0 amide bonds. The molecule has 1 saturated heterocycles. The minimum Gasteiger partial charge on any atom is -0.497 e. The highest BCUT2D eigenvalue weighted by Crippen LogP contribution is 2.22. The highest BCUT2D eigenvalue weighted by atomic mass is 127. The van der Waals surface area contributed by atoms with Gasteiger partial charge in [-0.05, 0) is 41.8 Å². The fourth-order valence-electron chi connectivity index (χ4n) is 3.59. The zero-order chi connectivity index (χ0) is 21.2. The maximum atomic E-state index is 13.8. The predicted octanol–water partition coefficient (Wildman–Crippen LogP) is 3.23. The predicted molar refractivity (Wildman–Crippen MR) is 133 cm³/mol. The van der Waals surface area contributed by atoms with E-state index >= 15 is 0 Å². The van der Waals surface area contributed by atoms with E-state index in [0.717, 1.165) is 43.3 Å². The van der Waals surface area contributed by atoms with E-state index in [1.54, 1.807) is 26.3 Å².